The zero-order valence-corrected chi connectivity index (χ0v) is 10.6. The van der Waals surface area contributed by atoms with E-state index in [-0.39, 0.29) is 11.3 Å². The average Bonchev–Trinajstić information content (AvgIpc) is 2.41. The number of aromatic carboxylic acids is 1. The third-order valence-corrected chi connectivity index (χ3v) is 2.86. The molecule has 0 fully saturated rings. The van der Waals surface area contributed by atoms with Gasteiger partial charge in [0.15, 0.2) is 5.75 Å². The lowest BCUT2D eigenvalue weighted by molar-refractivity contribution is 0.0697. The Morgan fingerprint density at radius 2 is 1.89 bits per heavy atom. The number of aryl methyl sites for hydroxylation is 1. The molecule has 0 amide bonds. The molecule has 0 unspecified atom stereocenters. The van der Waals surface area contributed by atoms with E-state index in [4.69, 9.17) is 15.6 Å². The van der Waals surface area contributed by atoms with Gasteiger partial charge < -0.3 is 15.6 Å². The summed E-state index contributed by atoms with van der Waals surface area (Å²) < 4.78 is 5.61. The molecule has 0 aliphatic carbocycles. The van der Waals surface area contributed by atoms with Crippen molar-refractivity contribution in [3.63, 3.8) is 0 Å². The van der Waals surface area contributed by atoms with Crippen molar-refractivity contribution >= 4 is 11.7 Å². The Balaban J connectivity index is 2.27. The molecule has 2 aromatic carbocycles. The molecule has 3 N–H and O–H groups in total. The number of nitrogen functional groups attached to an aromatic ring is 1. The van der Waals surface area contributed by atoms with Crippen molar-refractivity contribution in [1.29, 1.82) is 0 Å². The van der Waals surface area contributed by atoms with Crippen LogP contribution < -0.4 is 10.5 Å². The standard InChI is InChI=1S/C15H15NO3/c1-2-10-6-8-11(9-7-10)19-13-5-3-4-12(14(13)16)15(17)18/h3-9H,2,16H2,1H3,(H,17,18). The molecule has 0 radical (unpaired) electrons. The predicted octanol–water partition coefficient (Wildman–Crippen LogP) is 3.32. The lowest BCUT2D eigenvalue weighted by atomic mass is 10.1. The number of carboxylic acids is 1. The van der Waals surface area contributed by atoms with Gasteiger partial charge in [-0.3, -0.25) is 0 Å². The third kappa shape index (κ3) is 2.85. The van der Waals surface area contributed by atoms with Crippen LogP contribution in [0.2, 0.25) is 0 Å². The Kier molecular flexibility index (Phi) is 3.71. The summed E-state index contributed by atoms with van der Waals surface area (Å²) in [7, 11) is 0. The number of anilines is 1. The molecule has 4 nitrogen and oxygen atoms in total. The fourth-order valence-electron chi connectivity index (χ4n) is 1.74. The zero-order valence-electron chi connectivity index (χ0n) is 10.6. The Morgan fingerprint density at radius 3 is 2.47 bits per heavy atom. The van der Waals surface area contributed by atoms with Crippen molar-refractivity contribution in [2.24, 2.45) is 0 Å². The van der Waals surface area contributed by atoms with E-state index in [0.29, 0.717) is 11.5 Å². The molecule has 0 bridgehead atoms. The van der Waals surface area contributed by atoms with E-state index in [1.807, 2.05) is 24.3 Å². The first-order valence-corrected chi connectivity index (χ1v) is 6.00. The Hall–Kier alpha value is -2.49. The topological polar surface area (TPSA) is 72.5 Å². The monoisotopic (exact) mass is 257 g/mol. The summed E-state index contributed by atoms with van der Waals surface area (Å²) in [5.74, 6) is -0.0835. The van der Waals surface area contributed by atoms with E-state index >= 15 is 0 Å². The number of nitrogens with two attached hydrogens (primary N) is 1. The van der Waals surface area contributed by atoms with Crippen molar-refractivity contribution in [3.8, 4) is 11.5 Å². The summed E-state index contributed by atoms with van der Waals surface area (Å²) in [5.41, 5.74) is 7.17. The van der Waals surface area contributed by atoms with Crippen LogP contribution in [0.5, 0.6) is 11.5 Å². The molecule has 0 spiro atoms. The smallest absolute Gasteiger partial charge is 0.337 e. The molecular formula is C15H15NO3. The number of rotatable bonds is 4. The van der Waals surface area contributed by atoms with E-state index in [1.54, 1.807) is 12.1 Å². The van der Waals surface area contributed by atoms with Gasteiger partial charge in [-0.15, -0.1) is 0 Å². The largest absolute Gasteiger partial charge is 0.478 e. The number of hydrogen-bond donors (Lipinski definition) is 2. The predicted molar refractivity (Wildman–Crippen MR) is 73.7 cm³/mol. The van der Waals surface area contributed by atoms with E-state index in [0.717, 1.165) is 6.42 Å². The van der Waals surface area contributed by atoms with Crippen molar-refractivity contribution in [2.75, 3.05) is 5.73 Å². The number of para-hydroxylation sites is 1. The summed E-state index contributed by atoms with van der Waals surface area (Å²) in [4.78, 5) is 11.0. The van der Waals surface area contributed by atoms with Gasteiger partial charge in [-0.1, -0.05) is 25.1 Å². The fraction of sp³-hybridized carbons (Fsp3) is 0.133. The van der Waals surface area contributed by atoms with E-state index in [2.05, 4.69) is 6.92 Å². The number of ether oxygens (including phenoxy) is 1. The van der Waals surface area contributed by atoms with Crippen molar-refractivity contribution in [3.05, 3.63) is 53.6 Å². The minimum Gasteiger partial charge on any atom is -0.478 e. The minimum atomic E-state index is -1.07. The molecule has 19 heavy (non-hydrogen) atoms. The highest BCUT2D eigenvalue weighted by molar-refractivity contribution is 5.95. The highest BCUT2D eigenvalue weighted by Gasteiger charge is 2.12. The maximum Gasteiger partial charge on any atom is 0.337 e. The molecule has 0 heterocycles. The Labute approximate surface area is 111 Å². The van der Waals surface area contributed by atoms with Crippen molar-refractivity contribution < 1.29 is 14.6 Å². The second-order valence-electron chi connectivity index (χ2n) is 4.12. The number of carbonyl (C=O) groups is 1. The lowest BCUT2D eigenvalue weighted by Gasteiger charge is -2.10. The second kappa shape index (κ2) is 5.44. The fourth-order valence-corrected chi connectivity index (χ4v) is 1.74. The summed E-state index contributed by atoms with van der Waals surface area (Å²) in [6.07, 6.45) is 0.955. The van der Waals surface area contributed by atoms with Crippen LogP contribution in [-0.4, -0.2) is 11.1 Å². The molecule has 0 saturated carbocycles. The van der Waals surface area contributed by atoms with Gasteiger partial charge >= 0.3 is 5.97 Å². The molecule has 4 heteroatoms. The van der Waals surface area contributed by atoms with Crippen LogP contribution in [0.4, 0.5) is 5.69 Å². The van der Waals surface area contributed by atoms with Gasteiger partial charge in [-0.05, 0) is 36.2 Å². The summed E-state index contributed by atoms with van der Waals surface area (Å²) in [6, 6.07) is 12.3. The van der Waals surface area contributed by atoms with E-state index in [9.17, 15) is 4.79 Å². The van der Waals surface area contributed by atoms with Crippen LogP contribution in [-0.2, 0) is 6.42 Å². The number of hydrogen-bond acceptors (Lipinski definition) is 3. The highest BCUT2D eigenvalue weighted by Crippen LogP contribution is 2.30. The first-order valence-electron chi connectivity index (χ1n) is 6.00. The summed E-state index contributed by atoms with van der Waals surface area (Å²) >= 11 is 0. The summed E-state index contributed by atoms with van der Waals surface area (Å²) in [6.45, 7) is 2.07. The van der Waals surface area contributed by atoms with Crippen molar-refractivity contribution in [2.45, 2.75) is 13.3 Å². The van der Waals surface area contributed by atoms with E-state index in [1.165, 1.54) is 11.6 Å². The van der Waals surface area contributed by atoms with E-state index < -0.39 is 5.97 Å². The maximum atomic E-state index is 11.0. The highest BCUT2D eigenvalue weighted by atomic mass is 16.5. The van der Waals surface area contributed by atoms with Crippen LogP contribution in [0.1, 0.15) is 22.8 Å². The molecule has 0 aliphatic rings. The van der Waals surface area contributed by atoms with Crippen LogP contribution >= 0.6 is 0 Å². The van der Waals surface area contributed by atoms with Crippen LogP contribution in [0.3, 0.4) is 0 Å². The SMILES string of the molecule is CCc1ccc(Oc2cccc(C(=O)O)c2N)cc1. The molecule has 2 aromatic rings. The van der Waals surface area contributed by atoms with Gasteiger partial charge in [-0.2, -0.15) is 0 Å². The molecule has 0 atom stereocenters. The zero-order chi connectivity index (χ0) is 13.8. The molecule has 0 aromatic heterocycles. The van der Waals surface area contributed by atoms with Crippen LogP contribution in [0.25, 0.3) is 0 Å². The quantitative estimate of drug-likeness (QED) is 0.824. The third-order valence-electron chi connectivity index (χ3n) is 2.86. The van der Waals surface area contributed by atoms with Gasteiger partial charge in [0.1, 0.15) is 5.75 Å². The van der Waals surface area contributed by atoms with Crippen molar-refractivity contribution in [1.82, 2.24) is 0 Å². The number of carboxylic acid groups (broad SMARTS) is 1. The van der Waals surface area contributed by atoms with Crippen LogP contribution in [0, 0.1) is 0 Å². The molecule has 2 rings (SSSR count). The first kappa shape index (κ1) is 13.0. The first-order chi connectivity index (χ1) is 9.11. The van der Waals surface area contributed by atoms with Gasteiger partial charge in [-0.25, -0.2) is 4.79 Å². The van der Waals surface area contributed by atoms with Gasteiger partial charge in [0.25, 0.3) is 0 Å². The minimum absolute atomic E-state index is 0.0441. The Bertz CT molecular complexity index is 591. The van der Waals surface area contributed by atoms with Gasteiger partial charge in [0.2, 0.25) is 0 Å². The Morgan fingerprint density at radius 1 is 1.21 bits per heavy atom. The average molecular weight is 257 g/mol. The van der Waals surface area contributed by atoms with Gasteiger partial charge in [0, 0.05) is 0 Å². The van der Waals surface area contributed by atoms with Gasteiger partial charge in [0.05, 0.1) is 11.3 Å². The number of benzene rings is 2. The second-order valence-corrected chi connectivity index (χ2v) is 4.12. The maximum absolute atomic E-state index is 11.0. The van der Waals surface area contributed by atoms with Crippen LogP contribution in [0.15, 0.2) is 42.5 Å². The molecule has 0 aliphatic heterocycles. The molecule has 98 valence electrons. The lowest BCUT2D eigenvalue weighted by Crippen LogP contribution is -2.03. The summed E-state index contributed by atoms with van der Waals surface area (Å²) in [5, 5.41) is 8.99. The normalized spacial score (nSPS) is 10.2. The molecule has 0 saturated heterocycles. The molecular weight excluding hydrogens is 242 g/mol.